The molecule has 1 aliphatic heterocycles. The molecule has 1 aliphatic rings. The number of anilines is 1. The number of hydrogen-bond donors (Lipinski definition) is 1. The standard InChI is InChI=1S/C23H20N2O5S/c26-20(24-18-13-11-17(12-14-18)22(28)29)10-5-15-25-21(27)19(31-23(25)30)9-4-8-16-6-2-1-3-7-16/h1-4,6-9,11-14H,5,10,15H2,(H,24,26)(H,28,29)/p-1/b8-4+,19-9+. The number of hydrogen-bond acceptors (Lipinski definition) is 6. The summed E-state index contributed by atoms with van der Waals surface area (Å²) in [7, 11) is 0. The van der Waals surface area contributed by atoms with Gasteiger partial charge in [0, 0.05) is 18.7 Å². The number of nitrogens with one attached hydrogen (secondary N) is 1. The van der Waals surface area contributed by atoms with Crippen LogP contribution in [0, 0.1) is 0 Å². The van der Waals surface area contributed by atoms with Crippen LogP contribution in [-0.2, 0) is 9.59 Å². The Hall–Kier alpha value is -3.65. The number of carbonyl (C=O) groups excluding carboxylic acids is 4. The maximum absolute atomic E-state index is 12.4. The molecule has 31 heavy (non-hydrogen) atoms. The first-order valence-electron chi connectivity index (χ1n) is 9.52. The molecule has 1 fully saturated rings. The molecule has 8 heteroatoms. The number of nitrogens with zero attached hydrogens (tertiary/aromatic N) is 1. The van der Waals surface area contributed by atoms with Crippen molar-refractivity contribution in [2.75, 3.05) is 11.9 Å². The molecule has 158 valence electrons. The maximum Gasteiger partial charge on any atom is 0.293 e. The molecule has 1 N–H and O–H groups in total. The molecule has 3 amide bonds. The molecule has 0 atom stereocenters. The zero-order valence-electron chi connectivity index (χ0n) is 16.4. The highest BCUT2D eigenvalue weighted by Gasteiger charge is 2.34. The number of benzene rings is 2. The van der Waals surface area contributed by atoms with E-state index in [2.05, 4.69) is 5.32 Å². The van der Waals surface area contributed by atoms with Gasteiger partial charge in [-0.1, -0.05) is 54.6 Å². The molecule has 0 unspecified atom stereocenters. The quantitative estimate of drug-likeness (QED) is 0.639. The van der Waals surface area contributed by atoms with Gasteiger partial charge in [-0.25, -0.2) is 0 Å². The molecular weight excluding hydrogens is 416 g/mol. The number of imide groups is 1. The first-order valence-corrected chi connectivity index (χ1v) is 10.3. The second-order valence-electron chi connectivity index (χ2n) is 6.64. The third-order valence-electron chi connectivity index (χ3n) is 4.40. The molecule has 7 nitrogen and oxygen atoms in total. The van der Waals surface area contributed by atoms with Gasteiger partial charge in [-0.15, -0.1) is 0 Å². The number of carboxylic acid groups (broad SMARTS) is 1. The van der Waals surface area contributed by atoms with Crippen molar-refractivity contribution in [1.29, 1.82) is 0 Å². The molecular formula is C23H19N2O5S-. The fourth-order valence-corrected chi connectivity index (χ4v) is 3.65. The fourth-order valence-electron chi connectivity index (χ4n) is 2.83. The summed E-state index contributed by atoms with van der Waals surface area (Å²) in [5.41, 5.74) is 1.46. The van der Waals surface area contributed by atoms with E-state index < -0.39 is 5.97 Å². The molecule has 1 saturated heterocycles. The lowest BCUT2D eigenvalue weighted by atomic mass is 10.2. The second kappa shape index (κ2) is 10.4. The minimum Gasteiger partial charge on any atom is -0.545 e. The van der Waals surface area contributed by atoms with E-state index in [0.717, 1.165) is 22.2 Å². The first kappa shape index (κ1) is 22.0. The molecule has 0 bridgehead atoms. The van der Waals surface area contributed by atoms with Crippen LogP contribution >= 0.6 is 11.8 Å². The van der Waals surface area contributed by atoms with E-state index in [1.54, 1.807) is 12.2 Å². The number of aromatic carboxylic acids is 1. The van der Waals surface area contributed by atoms with E-state index in [9.17, 15) is 24.3 Å². The van der Waals surface area contributed by atoms with Gasteiger partial charge in [-0.2, -0.15) is 0 Å². The van der Waals surface area contributed by atoms with Crippen molar-refractivity contribution in [2.24, 2.45) is 0 Å². The van der Waals surface area contributed by atoms with Crippen molar-refractivity contribution < 1.29 is 24.3 Å². The Morgan fingerprint density at radius 1 is 1.03 bits per heavy atom. The minimum atomic E-state index is -1.29. The van der Waals surface area contributed by atoms with Crippen molar-refractivity contribution >= 4 is 46.5 Å². The number of carbonyl (C=O) groups is 4. The van der Waals surface area contributed by atoms with E-state index >= 15 is 0 Å². The van der Waals surface area contributed by atoms with E-state index in [0.29, 0.717) is 17.0 Å². The third-order valence-corrected chi connectivity index (χ3v) is 5.32. The van der Waals surface area contributed by atoms with Gasteiger partial charge in [-0.3, -0.25) is 19.3 Å². The van der Waals surface area contributed by atoms with Crippen LogP contribution in [0.4, 0.5) is 10.5 Å². The highest BCUT2D eigenvalue weighted by atomic mass is 32.2. The van der Waals surface area contributed by atoms with Crippen molar-refractivity contribution in [3.63, 3.8) is 0 Å². The summed E-state index contributed by atoms with van der Waals surface area (Å²) in [4.78, 5) is 48.8. The van der Waals surface area contributed by atoms with E-state index in [1.807, 2.05) is 36.4 Å². The lowest BCUT2D eigenvalue weighted by Crippen LogP contribution is -2.29. The van der Waals surface area contributed by atoms with Gasteiger partial charge in [0.05, 0.1) is 10.9 Å². The molecule has 0 aliphatic carbocycles. The summed E-state index contributed by atoms with van der Waals surface area (Å²) in [6.07, 6.45) is 5.61. The average Bonchev–Trinajstić information content (AvgIpc) is 3.02. The zero-order chi connectivity index (χ0) is 22.2. The Morgan fingerprint density at radius 3 is 2.42 bits per heavy atom. The lowest BCUT2D eigenvalue weighted by Gasteiger charge is -2.12. The summed E-state index contributed by atoms with van der Waals surface area (Å²) < 4.78 is 0. The summed E-state index contributed by atoms with van der Waals surface area (Å²) in [6, 6.07) is 15.2. The molecule has 0 spiro atoms. The first-order chi connectivity index (χ1) is 14.9. The molecule has 1 heterocycles. The highest BCUT2D eigenvalue weighted by Crippen LogP contribution is 2.30. The number of thioether (sulfide) groups is 1. The van der Waals surface area contributed by atoms with Crippen LogP contribution in [-0.4, -0.2) is 34.5 Å². The van der Waals surface area contributed by atoms with Crippen molar-refractivity contribution in [3.05, 3.63) is 82.8 Å². The number of carboxylic acids is 1. The molecule has 0 radical (unpaired) electrons. The Kier molecular flexibility index (Phi) is 7.40. The Bertz CT molecular complexity index is 1050. The second-order valence-corrected chi connectivity index (χ2v) is 7.64. The summed E-state index contributed by atoms with van der Waals surface area (Å²) in [6.45, 7) is 0.140. The average molecular weight is 435 g/mol. The Labute approximate surface area is 183 Å². The van der Waals surface area contributed by atoms with Crippen molar-refractivity contribution in [3.8, 4) is 0 Å². The van der Waals surface area contributed by atoms with Crippen molar-refractivity contribution in [1.82, 2.24) is 4.90 Å². The Balaban J connectivity index is 1.47. The summed E-state index contributed by atoms with van der Waals surface area (Å²) in [5.74, 6) is -1.96. The van der Waals surface area contributed by atoms with Gasteiger partial charge < -0.3 is 15.2 Å². The fraction of sp³-hybridized carbons (Fsp3) is 0.130. The van der Waals surface area contributed by atoms with E-state index in [1.165, 1.54) is 24.3 Å². The predicted octanol–water partition coefficient (Wildman–Crippen LogP) is 3.06. The normalized spacial score (nSPS) is 15.1. The van der Waals surface area contributed by atoms with Crippen LogP contribution in [0.15, 0.2) is 71.7 Å². The van der Waals surface area contributed by atoms with Crippen LogP contribution < -0.4 is 10.4 Å². The number of allylic oxidation sites excluding steroid dienone is 2. The van der Waals surface area contributed by atoms with Gasteiger partial charge in [0.1, 0.15) is 0 Å². The Morgan fingerprint density at radius 2 is 1.74 bits per heavy atom. The molecule has 3 rings (SSSR count). The lowest BCUT2D eigenvalue weighted by molar-refractivity contribution is -0.255. The van der Waals surface area contributed by atoms with Gasteiger partial charge >= 0.3 is 0 Å². The van der Waals surface area contributed by atoms with Crippen LogP contribution in [0.5, 0.6) is 0 Å². The summed E-state index contributed by atoms with van der Waals surface area (Å²) >= 11 is 0.876. The third kappa shape index (κ3) is 6.16. The number of rotatable bonds is 8. The minimum absolute atomic E-state index is 0.0176. The highest BCUT2D eigenvalue weighted by molar-refractivity contribution is 8.18. The topological polar surface area (TPSA) is 107 Å². The maximum atomic E-state index is 12.4. The van der Waals surface area contributed by atoms with Gasteiger partial charge in [0.25, 0.3) is 11.1 Å². The van der Waals surface area contributed by atoms with Crippen LogP contribution in [0.3, 0.4) is 0 Å². The van der Waals surface area contributed by atoms with E-state index in [-0.39, 0.29) is 35.6 Å². The van der Waals surface area contributed by atoms with Crippen LogP contribution in [0.2, 0.25) is 0 Å². The van der Waals surface area contributed by atoms with Gasteiger partial charge in [-0.05, 0) is 47.5 Å². The smallest absolute Gasteiger partial charge is 0.293 e. The number of amides is 3. The van der Waals surface area contributed by atoms with Crippen LogP contribution in [0.1, 0.15) is 28.8 Å². The molecule has 0 aromatic heterocycles. The van der Waals surface area contributed by atoms with E-state index in [4.69, 9.17) is 0 Å². The predicted molar refractivity (Wildman–Crippen MR) is 117 cm³/mol. The van der Waals surface area contributed by atoms with Crippen LogP contribution in [0.25, 0.3) is 6.08 Å². The van der Waals surface area contributed by atoms with Crippen molar-refractivity contribution in [2.45, 2.75) is 12.8 Å². The largest absolute Gasteiger partial charge is 0.545 e. The van der Waals surface area contributed by atoms with Gasteiger partial charge in [0.2, 0.25) is 5.91 Å². The zero-order valence-corrected chi connectivity index (χ0v) is 17.3. The SMILES string of the molecule is O=C(CCCN1C(=O)S/C(=C/C=C/c2ccccc2)C1=O)Nc1ccc(C(=O)[O-])cc1. The van der Waals surface area contributed by atoms with Gasteiger partial charge in [0.15, 0.2) is 0 Å². The molecule has 0 saturated carbocycles. The summed E-state index contributed by atoms with van der Waals surface area (Å²) in [5, 5.41) is 13.0. The molecule has 2 aromatic rings. The monoisotopic (exact) mass is 435 g/mol. The molecule has 2 aromatic carbocycles.